The Morgan fingerprint density at radius 2 is 2.00 bits per heavy atom. The van der Waals surface area contributed by atoms with Gasteiger partial charge in [-0.05, 0) is 29.1 Å². The van der Waals surface area contributed by atoms with Gasteiger partial charge in [0.2, 0.25) is 0 Å². The fraction of sp³-hybridized carbons (Fsp3) is 0.0909. The molecule has 4 heteroatoms. The first-order valence-corrected chi connectivity index (χ1v) is 5.98. The largest absolute Gasteiger partial charge is 0.383 e. The molecular formula is C11H8Cl2OS. The van der Waals surface area contributed by atoms with E-state index in [1.54, 1.807) is 18.2 Å². The highest BCUT2D eigenvalue weighted by atomic mass is 35.5. The van der Waals surface area contributed by atoms with Crippen LogP contribution in [-0.4, -0.2) is 5.11 Å². The molecule has 2 rings (SSSR count). The number of thiophene rings is 1. The van der Waals surface area contributed by atoms with E-state index in [2.05, 4.69) is 0 Å². The SMILES string of the molecule is OC(c1cccc(Cl)c1)c1sccc1Cl. The van der Waals surface area contributed by atoms with E-state index >= 15 is 0 Å². The maximum atomic E-state index is 10.1. The zero-order chi connectivity index (χ0) is 10.8. The van der Waals surface area contributed by atoms with E-state index in [9.17, 15) is 5.11 Å². The summed E-state index contributed by atoms with van der Waals surface area (Å²) in [5.41, 5.74) is 0.756. The van der Waals surface area contributed by atoms with Crippen LogP contribution in [0.3, 0.4) is 0 Å². The molecule has 0 saturated carbocycles. The molecule has 15 heavy (non-hydrogen) atoms. The number of benzene rings is 1. The van der Waals surface area contributed by atoms with Gasteiger partial charge in [-0.2, -0.15) is 0 Å². The van der Waals surface area contributed by atoms with Crippen LogP contribution in [0, 0.1) is 0 Å². The second kappa shape index (κ2) is 4.54. The fourth-order valence-corrected chi connectivity index (χ4v) is 2.70. The van der Waals surface area contributed by atoms with E-state index in [1.165, 1.54) is 11.3 Å². The fourth-order valence-electron chi connectivity index (χ4n) is 1.33. The summed E-state index contributed by atoms with van der Waals surface area (Å²) in [5, 5.41) is 13.1. The molecule has 0 aliphatic carbocycles. The van der Waals surface area contributed by atoms with Crippen molar-refractivity contribution in [3.63, 3.8) is 0 Å². The van der Waals surface area contributed by atoms with Crippen molar-refractivity contribution in [1.29, 1.82) is 0 Å². The third-order valence-corrected chi connectivity index (χ3v) is 3.70. The maximum Gasteiger partial charge on any atom is 0.115 e. The first-order chi connectivity index (χ1) is 7.18. The van der Waals surface area contributed by atoms with Gasteiger partial charge in [-0.1, -0.05) is 35.3 Å². The highest BCUT2D eigenvalue weighted by Crippen LogP contribution is 2.33. The number of aliphatic hydroxyl groups is 1. The van der Waals surface area contributed by atoms with Gasteiger partial charge < -0.3 is 5.11 Å². The lowest BCUT2D eigenvalue weighted by Crippen LogP contribution is -1.97. The number of halogens is 2. The molecule has 0 bridgehead atoms. The van der Waals surface area contributed by atoms with Crippen LogP contribution in [0.2, 0.25) is 10.0 Å². The van der Waals surface area contributed by atoms with Gasteiger partial charge in [0.05, 0.1) is 9.90 Å². The lowest BCUT2D eigenvalue weighted by molar-refractivity contribution is 0.224. The predicted molar refractivity (Wildman–Crippen MR) is 64.8 cm³/mol. The molecule has 0 fully saturated rings. The Kier molecular flexibility index (Phi) is 3.32. The topological polar surface area (TPSA) is 20.2 Å². The monoisotopic (exact) mass is 258 g/mol. The third-order valence-electron chi connectivity index (χ3n) is 2.06. The number of hydrogen-bond acceptors (Lipinski definition) is 2. The van der Waals surface area contributed by atoms with Crippen LogP contribution in [0.15, 0.2) is 35.7 Å². The van der Waals surface area contributed by atoms with E-state index in [4.69, 9.17) is 23.2 Å². The summed E-state index contributed by atoms with van der Waals surface area (Å²) in [6, 6.07) is 8.92. The van der Waals surface area contributed by atoms with Gasteiger partial charge in [0.15, 0.2) is 0 Å². The van der Waals surface area contributed by atoms with Crippen LogP contribution in [0.25, 0.3) is 0 Å². The lowest BCUT2D eigenvalue weighted by atomic mass is 10.1. The second-order valence-corrected chi connectivity index (χ2v) is 4.88. The zero-order valence-electron chi connectivity index (χ0n) is 7.65. The Labute approximate surface area is 102 Å². The van der Waals surface area contributed by atoms with Crippen molar-refractivity contribution in [1.82, 2.24) is 0 Å². The summed E-state index contributed by atoms with van der Waals surface area (Å²) < 4.78 is 0. The minimum absolute atomic E-state index is 0.590. The second-order valence-electron chi connectivity index (χ2n) is 3.09. The molecule has 0 radical (unpaired) electrons. The van der Waals surface area contributed by atoms with Crippen LogP contribution in [0.4, 0.5) is 0 Å². The normalized spacial score (nSPS) is 12.7. The number of rotatable bonds is 2. The first kappa shape index (κ1) is 11.0. The zero-order valence-corrected chi connectivity index (χ0v) is 9.98. The van der Waals surface area contributed by atoms with Crippen molar-refractivity contribution in [2.75, 3.05) is 0 Å². The van der Waals surface area contributed by atoms with E-state index in [0.29, 0.717) is 10.0 Å². The number of aliphatic hydroxyl groups excluding tert-OH is 1. The van der Waals surface area contributed by atoms with Gasteiger partial charge in [0.1, 0.15) is 6.10 Å². The molecule has 1 aromatic heterocycles. The molecule has 0 aliphatic rings. The van der Waals surface area contributed by atoms with Crippen molar-refractivity contribution in [2.45, 2.75) is 6.10 Å². The van der Waals surface area contributed by atoms with Crippen LogP contribution < -0.4 is 0 Å². The molecule has 1 unspecified atom stereocenters. The minimum Gasteiger partial charge on any atom is -0.383 e. The molecule has 0 saturated heterocycles. The molecule has 1 atom stereocenters. The van der Waals surface area contributed by atoms with Crippen molar-refractivity contribution in [3.8, 4) is 0 Å². The van der Waals surface area contributed by atoms with E-state index in [1.807, 2.05) is 17.5 Å². The minimum atomic E-state index is -0.698. The van der Waals surface area contributed by atoms with Gasteiger partial charge in [-0.25, -0.2) is 0 Å². The van der Waals surface area contributed by atoms with E-state index < -0.39 is 6.10 Å². The van der Waals surface area contributed by atoms with Gasteiger partial charge >= 0.3 is 0 Å². The summed E-state index contributed by atoms with van der Waals surface area (Å²) in [6.07, 6.45) is -0.698. The summed E-state index contributed by atoms with van der Waals surface area (Å²) >= 11 is 13.2. The standard InChI is InChI=1S/C11H8Cl2OS/c12-8-3-1-2-7(6-8)10(14)11-9(13)4-5-15-11/h1-6,10,14H. The highest BCUT2D eigenvalue weighted by molar-refractivity contribution is 7.10. The van der Waals surface area contributed by atoms with Gasteiger partial charge in [0.25, 0.3) is 0 Å². The summed E-state index contributed by atoms with van der Waals surface area (Å²) in [5.74, 6) is 0. The Bertz CT molecular complexity index is 467. The number of hydrogen-bond donors (Lipinski definition) is 1. The van der Waals surface area contributed by atoms with Crippen LogP contribution in [-0.2, 0) is 0 Å². The van der Waals surface area contributed by atoms with Crippen molar-refractivity contribution < 1.29 is 5.11 Å². The van der Waals surface area contributed by atoms with Crippen LogP contribution >= 0.6 is 34.5 Å². The quantitative estimate of drug-likeness (QED) is 0.859. The maximum absolute atomic E-state index is 10.1. The molecule has 0 spiro atoms. The molecule has 1 aromatic carbocycles. The summed E-state index contributed by atoms with van der Waals surface area (Å²) in [7, 11) is 0. The van der Waals surface area contributed by atoms with Gasteiger partial charge in [-0.15, -0.1) is 11.3 Å². The van der Waals surface area contributed by atoms with E-state index in [-0.39, 0.29) is 0 Å². The highest BCUT2D eigenvalue weighted by Gasteiger charge is 2.15. The molecule has 0 amide bonds. The molecule has 78 valence electrons. The van der Waals surface area contributed by atoms with Gasteiger partial charge in [-0.3, -0.25) is 0 Å². The Balaban J connectivity index is 2.36. The smallest absolute Gasteiger partial charge is 0.115 e. The lowest BCUT2D eigenvalue weighted by Gasteiger charge is -2.09. The molecule has 2 aromatic rings. The van der Waals surface area contributed by atoms with Crippen LogP contribution in [0.5, 0.6) is 0 Å². The molecule has 1 N–H and O–H groups in total. The predicted octanol–water partition coefficient (Wildman–Crippen LogP) is 4.14. The van der Waals surface area contributed by atoms with Crippen LogP contribution in [0.1, 0.15) is 16.5 Å². The average Bonchev–Trinajstić information content (AvgIpc) is 2.63. The van der Waals surface area contributed by atoms with E-state index in [0.717, 1.165) is 10.4 Å². The molecule has 0 aliphatic heterocycles. The van der Waals surface area contributed by atoms with Crippen molar-refractivity contribution in [3.05, 3.63) is 56.2 Å². The third kappa shape index (κ3) is 2.34. The van der Waals surface area contributed by atoms with Crippen molar-refractivity contribution >= 4 is 34.5 Å². The molecule has 1 nitrogen and oxygen atoms in total. The Morgan fingerprint density at radius 1 is 1.20 bits per heavy atom. The van der Waals surface area contributed by atoms with Crippen molar-refractivity contribution in [2.24, 2.45) is 0 Å². The summed E-state index contributed by atoms with van der Waals surface area (Å²) in [4.78, 5) is 0.749. The Morgan fingerprint density at radius 3 is 2.60 bits per heavy atom. The average molecular weight is 259 g/mol. The summed E-state index contributed by atoms with van der Waals surface area (Å²) in [6.45, 7) is 0. The molecule has 1 heterocycles. The van der Waals surface area contributed by atoms with Gasteiger partial charge in [0, 0.05) is 5.02 Å². The first-order valence-electron chi connectivity index (χ1n) is 4.35. The molecular weight excluding hydrogens is 251 g/mol. The Hall–Kier alpha value is -0.540.